The first kappa shape index (κ1) is 10.7. The van der Waals surface area contributed by atoms with Crippen molar-refractivity contribution in [3.63, 3.8) is 0 Å². The second-order valence-corrected chi connectivity index (χ2v) is 1.88. The van der Waals surface area contributed by atoms with Crippen molar-refractivity contribution in [1.82, 2.24) is 0 Å². The molecule has 0 radical (unpaired) electrons. The van der Waals surface area contributed by atoms with E-state index in [1.807, 2.05) is 0 Å². The van der Waals surface area contributed by atoms with Gasteiger partial charge >= 0.3 is 7.12 Å². The van der Waals surface area contributed by atoms with Crippen LogP contribution in [0, 0.1) is 0 Å². The minimum atomic E-state index is -1.70. The molecule has 0 amide bonds. The number of aliphatic imine (C=N–C) groups is 1. The van der Waals surface area contributed by atoms with Gasteiger partial charge in [0.05, 0.1) is 12.7 Å². The van der Waals surface area contributed by atoms with Crippen molar-refractivity contribution in [1.29, 1.82) is 0 Å². The van der Waals surface area contributed by atoms with E-state index in [4.69, 9.17) is 20.5 Å². The Morgan fingerprint density at radius 3 is 2.58 bits per heavy atom. The molecule has 0 unspecified atom stereocenters. The van der Waals surface area contributed by atoms with Crippen molar-refractivity contribution in [2.75, 3.05) is 7.11 Å². The van der Waals surface area contributed by atoms with Gasteiger partial charge < -0.3 is 20.5 Å². The number of nitrogens with two attached hydrogens (primary N) is 1. The molecule has 4 N–H and O–H groups in total. The van der Waals surface area contributed by atoms with Gasteiger partial charge in [-0.15, -0.1) is 0 Å². The second-order valence-electron chi connectivity index (χ2n) is 1.88. The normalized spacial score (nSPS) is 12.6. The summed E-state index contributed by atoms with van der Waals surface area (Å²) in [5.74, 6) is 0.249. The van der Waals surface area contributed by atoms with E-state index in [1.54, 1.807) is 0 Å². The molecule has 0 fully saturated rings. The lowest BCUT2D eigenvalue weighted by atomic mass is 9.87. The third-order valence-electron chi connectivity index (χ3n) is 1.02. The molecule has 0 aliphatic rings. The topological polar surface area (TPSA) is 88.1 Å². The molecular formula is C6H11BN2O3. The molecular weight excluding hydrogens is 159 g/mol. The molecule has 0 aliphatic heterocycles. The number of hydrogen-bond donors (Lipinski definition) is 3. The molecule has 66 valence electrons. The molecule has 0 aliphatic carbocycles. The molecule has 0 rings (SSSR count). The lowest BCUT2D eigenvalue weighted by Crippen LogP contribution is -2.21. The summed E-state index contributed by atoms with van der Waals surface area (Å²) in [4.78, 5) is 3.65. The predicted octanol–water partition coefficient (Wildman–Crippen LogP) is -0.971. The van der Waals surface area contributed by atoms with Gasteiger partial charge in [-0.1, -0.05) is 6.58 Å². The van der Waals surface area contributed by atoms with Crippen molar-refractivity contribution in [3.8, 4) is 0 Å². The van der Waals surface area contributed by atoms with E-state index in [-0.39, 0.29) is 11.5 Å². The minimum Gasteiger partial charge on any atom is -0.481 e. The first-order chi connectivity index (χ1) is 5.61. The maximum atomic E-state index is 8.51. The Hall–Kier alpha value is -1.27. The van der Waals surface area contributed by atoms with Crippen LogP contribution >= 0.6 is 0 Å². The van der Waals surface area contributed by atoms with E-state index in [2.05, 4.69) is 11.6 Å². The van der Waals surface area contributed by atoms with Crippen LogP contribution in [0.2, 0.25) is 0 Å². The number of ether oxygens (including phenoxy) is 1. The molecule has 0 heterocycles. The molecule has 0 saturated carbocycles. The van der Waals surface area contributed by atoms with Gasteiger partial charge in [0.15, 0.2) is 0 Å². The van der Waals surface area contributed by atoms with E-state index in [1.165, 1.54) is 13.2 Å². The summed E-state index contributed by atoms with van der Waals surface area (Å²) in [5, 5.41) is 17.0. The second kappa shape index (κ2) is 5.39. The van der Waals surface area contributed by atoms with Crippen molar-refractivity contribution >= 4 is 13.0 Å². The standard InChI is InChI=1S/C6H11BN2O3/c1-3-6(12-2)9-4-5(8)7(10)11/h3-4,10-11H,1,8H2,2H3/b5-4-,9-6?. The number of hydrogen-bond acceptors (Lipinski definition) is 5. The summed E-state index contributed by atoms with van der Waals surface area (Å²) in [6.45, 7) is 3.40. The highest BCUT2D eigenvalue weighted by atomic mass is 16.5. The van der Waals surface area contributed by atoms with Gasteiger partial charge in [0.2, 0.25) is 5.90 Å². The Balaban J connectivity index is 4.34. The smallest absolute Gasteiger partial charge is 0.481 e. The Kier molecular flexibility index (Phi) is 4.83. The van der Waals surface area contributed by atoms with Crippen molar-refractivity contribution in [2.24, 2.45) is 10.7 Å². The fraction of sp³-hybridized carbons (Fsp3) is 0.167. The van der Waals surface area contributed by atoms with Gasteiger partial charge in [-0.3, -0.25) is 0 Å². The summed E-state index contributed by atoms with van der Waals surface area (Å²) in [7, 11) is -0.281. The Morgan fingerprint density at radius 1 is 1.67 bits per heavy atom. The quantitative estimate of drug-likeness (QED) is 0.289. The predicted molar refractivity (Wildman–Crippen MR) is 47.1 cm³/mol. The fourth-order valence-corrected chi connectivity index (χ4v) is 0.394. The number of methoxy groups -OCH3 is 1. The molecule has 0 spiro atoms. The Bertz CT molecular complexity index is 213. The summed E-state index contributed by atoms with van der Waals surface area (Å²) in [5.41, 5.74) is 4.98. The van der Waals surface area contributed by atoms with E-state index in [9.17, 15) is 0 Å². The highest BCUT2D eigenvalue weighted by Gasteiger charge is 2.09. The third kappa shape index (κ3) is 3.79. The summed E-state index contributed by atoms with van der Waals surface area (Å²) < 4.78 is 4.70. The van der Waals surface area contributed by atoms with Crippen LogP contribution < -0.4 is 5.73 Å². The van der Waals surface area contributed by atoms with Crippen molar-refractivity contribution in [2.45, 2.75) is 0 Å². The average Bonchev–Trinajstić information content (AvgIpc) is 2.05. The molecule has 5 nitrogen and oxygen atoms in total. The van der Waals surface area contributed by atoms with Crippen LogP contribution in [0.5, 0.6) is 0 Å². The van der Waals surface area contributed by atoms with Crippen LogP contribution in [-0.4, -0.2) is 30.2 Å². The largest absolute Gasteiger partial charge is 0.506 e. The van der Waals surface area contributed by atoms with Crippen molar-refractivity contribution < 1.29 is 14.8 Å². The van der Waals surface area contributed by atoms with E-state index in [0.29, 0.717) is 0 Å². The van der Waals surface area contributed by atoms with Gasteiger partial charge in [-0.05, 0) is 6.08 Å². The molecule has 6 heteroatoms. The van der Waals surface area contributed by atoms with Crippen molar-refractivity contribution in [3.05, 3.63) is 24.5 Å². The number of nitrogens with zero attached hydrogens (tertiary/aromatic N) is 1. The van der Waals surface area contributed by atoms with E-state index >= 15 is 0 Å². The molecule has 0 aromatic carbocycles. The summed E-state index contributed by atoms with van der Waals surface area (Å²) in [6, 6.07) is 0. The van der Waals surface area contributed by atoms with Crippen LogP contribution in [-0.2, 0) is 4.74 Å². The molecule has 0 atom stereocenters. The van der Waals surface area contributed by atoms with Gasteiger partial charge in [0.25, 0.3) is 0 Å². The highest BCUT2D eigenvalue weighted by molar-refractivity contribution is 6.50. The van der Waals surface area contributed by atoms with Crippen LogP contribution in [0.25, 0.3) is 0 Å². The zero-order valence-electron chi connectivity index (χ0n) is 6.77. The maximum absolute atomic E-state index is 8.51. The van der Waals surface area contributed by atoms with Gasteiger partial charge in [0, 0.05) is 6.20 Å². The minimum absolute atomic E-state index is 0.161. The zero-order valence-corrected chi connectivity index (χ0v) is 6.77. The van der Waals surface area contributed by atoms with Crippen LogP contribution in [0.3, 0.4) is 0 Å². The van der Waals surface area contributed by atoms with Gasteiger partial charge in [-0.25, -0.2) is 4.99 Å². The molecule has 0 saturated heterocycles. The maximum Gasteiger partial charge on any atom is 0.506 e. The average molecular weight is 170 g/mol. The van der Waals surface area contributed by atoms with Crippen LogP contribution in [0.1, 0.15) is 0 Å². The Morgan fingerprint density at radius 2 is 2.25 bits per heavy atom. The number of rotatable bonds is 3. The molecule has 12 heavy (non-hydrogen) atoms. The van der Waals surface area contributed by atoms with Gasteiger partial charge in [-0.2, -0.15) is 0 Å². The van der Waals surface area contributed by atoms with Gasteiger partial charge in [0.1, 0.15) is 0 Å². The zero-order chi connectivity index (χ0) is 9.56. The lowest BCUT2D eigenvalue weighted by molar-refractivity contribution is 0.406. The molecule has 0 bridgehead atoms. The van der Waals surface area contributed by atoms with E-state index in [0.717, 1.165) is 6.20 Å². The SMILES string of the molecule is C=CC(=N/C=C(\N)B(O)O)OC. The summed E-state index contributed by atoms with van der Waals surface area (Å²) >= 11 is 0. The monoisotopic (exact) mass is 170 g/mol. The first-order valence-corrected chi connectivity index (χ1v) is 3.17. The molecule has 0 aromatic heterocycles. The Labute approximate surface area is 71.0 Å². The van der Waals surface area contributed by atoms with Crippen LogP contribution in [0.4, 0.5) is 0 Å². The van der Waals surface area contributed by atoms with Crippen LogP contribution in [0.15, 0.2) is 29.4 Å². The third-order valence-corrected chi connectivity index (χ3v) is 1.02. The lowest BCUT2D eigenvalue weighted by Gasteiger charge is -1.97. The molecule has 0 aromatic rings. The highest BCUT2D eigenvalue weighted by Crippen LogP contribution is 1.89. The first-order valence-electron chi connectivity index (χ1n) is 3.17. The fourth-order valence-electron chi connectivity index (χ4n) is 0.394. The van der Waals surface area contributed by atoms with E-state index < -0.39 is 7.12 Å². The summed E-state index contributed by atoms with van der Waals surface area (Å²) in [6.07, 6.45) is 2.46.